The van der Waals surface area contributed by atoms with Crippen LogP contribution in [-0.4, -0.2) is 13.3 Å². The molecular weight excluding hydrogens is 299 g/mol. The zero-order valence-electron chi connectivity index (χ0n) is 13.6. The SMILES string of the molecule is CC[P+](c1ccccc1)(c1ccccc1)c1ccccc1OC. The van der Waals surface area contributed by atoms with Crippen LogP contribution in [0.25, 0.3) is 0 Å². The number of hydrogen-bond donors (Lipinski definition) is 0. The molecule has 0 aliphatic rings. The van der Waals surface area contributed by atoms with Gasteiger partial charge in [0.1, 0.15) is 23.2 Å². The number of rotatable bonds is 5. The molecule has 0 amide bonds. The molecule has 3 aromatic carbocycles. The molecule has 0 N–H and O–H groups in total. The monoisotopic (exact) mass is 321 g/mol. The van der Waals surface area contributed by atoms with E-state index in [0.717, 1.165) is 11.9 Å². The molecule has 0 radical (unpaired) electrons. The maximum atomic E-state index is 5.72. The standard InChI is InChI=1S/C21H22OP/c1-3-23(18-12-6-4-7-13-18,19-14-8-5-9-15-19)21-17-11-10-16-20(21)22-2/h4-17H,3H2,1-2H3/q+1. The van der Waals surface area contributed by atoms with Gasteiger partial charge in [-0.2, -0.15) is 0 Å². The molecule has 2 heteroatoms. The van der Waals surface area contributed by atoms with E-state index in [4.69, 9.17) is 4.74 Å². The number of para-hydroxylation sites is 1. The van der Waals surface area contributed by atoms with Gasteiger partial charge in [-0.1, -0.05) is 48.5 Å². The normalized spacial score (nSPS) is 11.2. The third kappa shape index (κ3) is 2.78. The highest BCUT2D eigenvalue weighted by molar-refractivity contribution is 7.95. The van der Waals surface area contributed by atoms with E-state index in [1.807, 2.05) is 6.07 Å². The van der Waals surface area contributed by atoms with E-state index >= 15 is 0 Å². The predicted molar refractivity (Wildman–Crippen MR) is 102 cm³/mol. The first kappa shape index (κ1) is 15.8. The van der Waals surface area contributed by atoms with Crippen molar-refractivity contribution in [2.75, 3.05) is 13.3 Å². The Bertz CT molecular complexity index is 714. The summed E-state index contributed by atoms with van der Waals surface area (Å²) in [6, 6.07) is 30.2. The molecule has 0 heterocycles. The average Bonchev–Trinajstić information content (AvgIpc) is 2.65. The summed E-state index contributed by atoms with van der Waals surface area (Å²) in [6.45, 7) is 2.29. The largest absolute Gasteiger partial charge is 0.493 e. The third-order valence-electron chi connectivity index (χ3n) is 4.36. The van der Waals surface area contributed by atoms with Crippen molar-refractivity contribution in [3.8, 4) is 5.75 Å². The van der Waals surface area contributed by atoms with Crippen molar-refractivity contribution in [3.63, 3.8) is 0 Å². The van der Waals surface area contributed by atoms with E-state index in [1.54, 1.807) is 7.11 Å². The molecule has 1 nitrogen and oxygen atoms in total. The molecule has 0 unspecified atom stereocenters. The van der Waals surface area contributed by atoms with Crippen LogP contribution in [0.2, 0.25) is 0 Å². The average molecular weight is 321 g/mol. The number of hydrogen-bond acceptors (Lipinski definition) is 1. The van der Waals surface area contributed by atoms with E-state index in [1.165, 1.54) is 15.9 Å². The summed E-state index contributed by atoms with van der Waals surface area (Å²) in [5.74, 6) is 0.982. The smallest absolute Gasteiger partial charge is 0.161 e. The van der Waals surface area contributed by atoms with Crippen LogP contribution in [0.15, 0.2) is 84.9 Å². The van der Waals surface area contributed by atoms with Gasteiger partial charge in [0, 0.05) is 0 Å². The maximum Gasteiger partial charge on any atom is 0.161 e. The van der Waals surface area contributed by atoms with Gasteiger partial charge >= 0.3 is 0 Å². The van der Waals surface area contributed by atoms with Gasteiger partial charge in [-0.15, -0.1) is 0 Å². The van der Waals surface area contributed by atoms with Crippen molar-refractivity contribution in [2.24, 2.45) is 0 Å². The molecule has 0 aliphatic heterocycles. The molecule has 0 bridgehead atoms. The van der Waals surface area contributed by atoms with Crippen molar-refractivity contribution < 1.29 is 4.74 Å². The molecule has 3 rings (SSSR count). The van der Waals surface area contributed by atoms with Crippen LogP contribution in [0.5, 0.6) is 5.75 Å². The van der Waals surface area contributed by atoms with Crippen LogP contribution in [0.1, 0.15) is 6.92 Å². The molecule has 0 aliphatic carbocycles. The Morgan fingerprint density at radius 1 is 0.696 bits per heavy atom. The molecule has 0 fully saturated rings. The van der Waals surface area contributed by atoms with Gasteiger partial charge in [-0.05, 0) is 43.3 Å². The van der Waals surface area contributed by atoms with Gasteiger partial charge in [0.05, 0.1) is 13.3 Å². The lowest BCUT2D eigenvalue weighted by atomic mass is 10.3. The lowest BCUT2D eigenvalue weighted by Crippen LogP contribution is -2.33. The summed E-state index contributed by atoms with van der Waals surface area (Å²) in [5, 5.41) is 4.12. The topological polar surface area (TPSA) is 9.23 Å². The lowest BCUT2D eigenvalue weighted by molar-refractivity contribution is 0.418. The van der Waals surface area contributed by atoms with E-state index in [-0.39, 0.29) is 0 Å². The summed E-state index contributed by atoms with van der Waals surface area (Å²) in [7, 11) is 0.0498. The zero-order valence-corrected chi connectivity index (χ0v) is 14.5. The summed E-state index contributed by atoms with van der Waals surface area (Å²) >= 11 is 0. The predicted octanol–water partition coefficient (Wildman–Crippen LogP) is 4.01. The Hall–Kier alpha value is -2.11. The van der Waals surface area contributed by atoms with Crippen LogP contribution in [0.4, 0.5) is 0 Å². The molecule has 0 atom stereocenters. The van der Waals surface area contributed by atoms with Crippen molar-refractivity contribution >= 4 is 23.2 Å². The van der Waals surface area contributed by atoms with E-state index in [2.05, 4.69) is 85.8 Å². The van der Waals surface area contributed by atoms with E-state index < -0.39 is 7.26 Å². The van der Waals surface area contributed by atoms with Gasteiger partial charge in [0.2, 0.25) is 0 Å². The van der Waals surface area contributed by atoms with Crippen LogP contribution in [0, 0.1) is 0 Å². The van der Waals surface area contributed by atoms with Crippen LogP contribution in [0.3, 0.4) is 0 Å². The first-order chi connectivity index (χ1) is 11.3. The van der Waals surface area contributed by atoms with Crippen LogP contribution < -0.4 is 20.7 Å². The van der Waals surface area contributed by atoms with Crippen LogP contribution in [-0.2, 0) is 0 Å². The Morgan fingerprint density at radius 2 is 1.17 bits per heavy atom. The van der Waals surface area contributed by atoms with Crippen LogP contribution >= 0.6 is 7.26 Å². The fourth-order valence-electron chi connectivity index (χ4n) is 3.27. The number of methoxy groups -OCH3 is 1. The van der Waals surface area contributed by atoms with Crippen molar-refractivity contribution in [1.82, 2.24) is 0 Å². The summed E-state index contributed by atoms with van der Waals surface area (Å²) in [6.07, 6.45) is 1.07. The fourth-order valence-corrected chi connectivity index (χ4v) is 7.44. The molecule has 23 heavy (non-hydrogen) atoms. The minimum Gasteiger partial charge on any atom is -0.493 e. The van der Waals surface area contributed by atoms with Gasteiger partial charge < -0.3 is 4.74 Å². The van der Waals surface area contributed by atoms with Gasteiger partial charge in [0.15, 0.2) is 5.75 Å². The quantitative estimate of drug-likeness (QED) is 0.645. The fraction of sp³-hybridized carbons (Fsp3) is 0.143. The zero-order chi connectivity index (χ0) is 16.1. The Labute approximate surface area is 139 Å². The van der Waals surface area contributed by atoms with Gasteiger partial charge in [0.25, 0.3) is 0 Å². The molecular formula is C21H22OP+. The highest BCUT2D eigenvalue weighted by Gasteiger charge is 2.45. The number of benzene rings is 3. The molecule has 3 aromatic rings. The van der Waals surface area contributed by atoms with E-state index in [9.17, 15) is 0 Å². The summed E-state index contributed by atoms with van der Waals surface area (Å²) in [5.41, 5.74) is 0. The van der Waals surface area contributed by atoms with Crippen molar-refractivity contribution in [3.05, 3.63) is 84.9 Å². The minimum atomic E-state index is -1.71. The third-order valence-corrected chi connectivity index (χ3v) is 8.86. The van der Waals surface area contributed by atoms with Gasteiger partial charge in [-0.3, -0.25) is 0 Å². The first-order valence-electron chi connectivity index (χ1n) is 7.96. The first-order valence-corrected chi connectivity index (χ1v) is 9.93. The Morgan fingerprint density at radius 3 is 1.65 bits per heavy atom. The van der Waals surface area contributed by atoms with Gasteiger partial charge in [-0.25, -0.2) is 0 Å². The lowest BCUT2D eigenvalue weighted by Gasteiger charge is -2.27. The van der Waals surface area contributed by atoms with Crippen molar-refractivity contribution in [2.45, 2.75) is 6.92 Å². The highest BCUT2D eigenvalue weighted by Crippen LogP contribution is 2.56. The van der Waals surface area contributed by atoms with Crippen molar-refractivity contribution in [1.29, 1.82) is 0 Å². The second-order valence-electron chi connectivity index (χ2n) is 5.47. The minimum absolute atomic E-state index is 0.982. The number of ether oxygens (including phenoxy) is 1. The highest BCUT2D eigenvalue weighted by atomic mass is 31.2. The molecule has 0 saturated heterocycles. The van der Waals surface area contributed by atoms with E-state index in [0.29, 0.717) is 0 Å². The Kier molecular flexibility index (Phi) is 4.79. The Balaban J connectivity index is 2.34. The summed E-state index contributed by atoms with van der Waals surface area (Å²) in [4.78, 5) is 0. The maximum absolute atomic E-state index is 5.72. The second kappa shape index (κ2) is 6.98. The molecule has 116 valence electrons. The molecule has 0 spiro atoms. The molecule has 0 saturated carbocycles. The second-order valence-corrected chi connectivity index (χ2v) is 9.24. The molecule has 0 aromatic heterocycles. The summed E-state index contributed by atoms with van der Waals surface area (Å²) < 4.78 is 5.72.